The highest BCUT2D eigenvalue weighted by Crippen LogP contribution is 2.45. The van der Waals surface area contributed by atoms with Crippen LogP contribution in [0, 0.1) is 5.41 Å². The molecule has 1 aliphatic rings. The molecule has 0 saturated heterocycles. The van der Waals surface area contributed by atoms with Crippen LogP contribution >= 0.6 is 0 Å². The fourth-order valence-electron chi connectivity index (χ4n) is 3.13. The van der Waals surface area contributed by atoms with Crippen LogP contribution in [0.4, 0.5) is 0 Å². The molecule has 0 spiro atoms. The molecule has 0 radical (unpaired) electrons. The number of aliphatic hydroxyl groups is 1. The van der Waals surface area contributed by atoms with Crippen molar-refractivity contribution in [2.75, 3.05) is 0 Å². The van der Waals surface area contributed by atoms with Gasteiger partial charge in [0.2, 0.25) is 0 Å². The molecular weight excluding hydrogens is 248 g/mol. The lowest BCUT2D eigenvalue weighted by atomic mass is 9.82. The molecule has 2 rings (SSSR count). The zero-order chi connectivity index (χ0) is 14.8. The predicted octanol–water partition coefficient (Wildman–Crippen LogP) is 4.65. The molecule has 0 aromatic heterocycles. The number of hydrogen-bond donors (Lipinski definition) is 1. The fourth-order valence-corrected chi connectivity index (χ4v) is 3.13. The van der Waals surface area contributed by atoms with Crippen LogP contribution in [0.2, 0.25) is 0 Å². The van der Waals surface area contributed by atoms with Crippen molar-refractivity contribution < 1.29 is 9.84 Å². The third-order valence-corrected chi connectivity index (χ3v) is 4.41. The normalized spacial score (nSPS) is 26.3. The van der Waals surface area contributed by atoms with E-state index in [1.807, 2.05) is 38.1 Å². The van der Waals surface area contributed by atoms with Gasteiger partial charge in [-0.2, -0.15) is 0 Å². The van der Waals surface area contributed by atoms with E-state index in [2.05, 4.69) is 13.8 Å². The minimum absolute atomic E-state index is 0.127. The molecule has 0 heterocycles. The second kappa shape index (κ2) is 5.77. The Morgan fingerprint density at radius 1 is 1.05 bits per heavy atom. The van der Waals surface area contributed by atoms with Gasteiger partial charge in [0.25, 0.3) is 0 Å². The Kier molecular flexibility index (Phi) is 4.43. The molecule has 2 heteroatoms. The highest BCUT2D eigenvalue weighted by molar-refractivity contribution is 5.38. The van der Waals surface area contributed by atoms with E-state index in [1.54, 1.807) is 0 Å². The molecule has 1 saturated carbocycles. The molecule has 1 aromatic rings. The molecule has 0 aliphatic heterocycles. The lowest BCUT2D eigenvalue weighted by molar-refractivity contribution is 0.0145. The van der Waals surface area contributed by atoms with Gasteiger partial charge >= 0.3 is 0 Å². The van der Waals surface area contributed by atoms with Gasteiger partial charge in [-0.3, -0.25) is 0 Å². The fraction of sp³-hybridized carbons (Fsp3) is 0.667. The van der Waals surface area contributed by atoms with E-state index in [0.717, 1.165) is 37.0 Å². The summed E-state index contributed by atoms with van der Waals surface area (Å²) in [6.45, 7) is 8.65. The molecule has 0 amide bonds. The third-order valence-electron chi connectivity index (χ3n) is 4.41. The van der Waals surface area contributed by atoms with Crippen molar-refractivity contribution >= 4 is 0 Å². The first-order valence-electron chi connectivity index (χ1n) is 7.81. The first kappa shape index (κ1) is 15.4. The Morgan fingerprint density at radius 3 is 2.45 bits per heavy atom. The minimum Gasteiger partial charge on any atom is -0.491 e. The van der Waals surface area contributed by atoms with Gasteiger partial charge in [0.05, 0.1) is 11.7 Å². The molecular formula is C18H28O2. The number of benzene rings is 1. The molecule has 20 heavy (non-hydrogen) atoms. The van der Waals surface area contributed by atoms with Crippen molar-refractivity contribution in [3.05, 3.63) is 29.8 Å². The topological polar surface area (TPSA) is 29.5 Å². The molecule has 1 atom stereocenters. The Morgan fingerprint density at radius 2 is 1.75 bits per heavy atom. The van der Waals surface area contributed by atoms with Crippen LogP contribution in [0.3, 0.4) is 0 Å². The van der Waals surface area contributed by atoms with E-state index in [1.165, 1.54) is 6.42 Å². The van der Waals surface area contributed by atoms with Crippen molar-refractivity contribution in [1.82, 2.24) is 0 Å². The monoisotopic (exact) mass is 276 g/mol. The lowest BCUT2D eigenvalue weighted by Crippen LogP contribution is -2.26. The van der Waals surface area contributed by atoms with E-state index < -0.39 is 5.60 Å². The Labute approximate surface area is 123 Å². The molecule has 0 bridgehead atoms. The maximum absolute atomic E-state index is 11.2. The summed E-state index contributed by atoms with van der Waals surface area (Å²) in [5.74, 6) is 0.838. The Hall–Kier alpha value is -1.02. The van der Waals surface area contributed by atoms with E-state index in [4.69, 9.17) is 4.74 Å². The summed E-state index contributed by atoms with van der Waals surface area (Å²) in [4.78, 5) is 0. The third kappa shape index (κ3) is 3.54. The van der Waals surface area contributed by atoms with E-state index in [-0.39, 0.29) is 6.10 Å². The van der Waals surface area contributed by atoms with Crippen LogP contribution in [-0.2, 0) is 5.60 Å². The summed E-state index contributed by atoms with van der Waals surface area (Å²) < 4.78 is 5.90. The largest absolute Gasteiger partial charge is 0.491 e. The molecule has 1 aromatic carbocycles. The van der Waals surface area contributed by atoms with Crippen molar-refractivity contribution in [2.24, 2.45) is 5.41 Å². The highest BCUT2D eigenvalue weighted by Gasteiger charge is 2.37. The number of ether oxygens (including phenoxy) is 1. The van der Waals surface area contributed by atoms with Crippen molar-refractivity contribution in [2.45, 2.75) is 71.5 Å². The summed E-state index contributed by atoms with van der Waals surface area (Å²) >= 11 is 0. The summed E-state index contributed by atoms with van der Waals surface area (Å²) in [5, 5.41) is 11.2. The van der Waals surface area contributed by atoms with Gasteiger partial charge in [-0.1, -0.05) is 32.0 Å². The molecule has 1 N–H and O–H groups in total. The maximum Gasteiger partial charge on any atom is 0.125 e. The maximum atomic E-state index is 11.2. The number of hydrogen-bond acceptors (Lipinski definition) is 2. The lowest BCUT2D eigenvalue weighted by Gasteiger charge is -2.30. The van der Waals surface area contributed by atoms with Gasteiger partial charge in [0, 0.05) is 5.56 Å². The first-order valence-corrected chi connectivity index (χ1v) is 7.81. The summed E-state index contributed by atoms with van der Waals surface area (Å²) in [7, 11) is 0. The predicted molar refractivity (Wildman–Crippen MR) is 83.0 cm³/mol. The zero-order valence-electron chi connectivity index (χ0n) is 13.3. The van der Waals surface area contributed by atoms with Crippen LogP contribution in [0.1, 0.15) is 65.4 Å². The Bertz CT molecular complexity index is 450. The van der Waals surface area contributed by atoms with Crippen molar-refractivity contribution in [3.63, 3.8) is 0 Å². The molecule has 1 fully saturated rings. The smallest absolute Gasteiger partial charge is 0.125 e. The van der Waals surface area contributed by atoms with Crippen LogP contribution in [0.5, 0.6) is 5.75 Å². The van der Waals surface area contributed by atoms with Crippen molar-refractivity contribution in [3.8, 4) is 5.75 Å². The number of para-hydroxylation sites is 1. The van der Waals surface area contributed by atoms with E-state index in [0.29, 0.717) is 5.41 Å². The van der Waals surface area contributed by atoms with Crippen LogP contribution in [0.15, 0.2) is 24.3 Å². The second-order valence-corrected chi connectivity index (χ2v) is 7.21. The highest BCUT2D eigenvalue weighted by atomic mass is 16.5. The SMILES string of the molecule is CC(C)Oc1ccccc1C1(O)CCCC(C)(C)CC1. The Balaban J connectivity index is 2.29. The molecule has 1 unspecified atom stereocenters. The molecule has 2 nitrogen and oxygen atoms in total. The van der Waals surface area contributed by atoms with Gasteiger partial charge < -0.3 is 9.84 Å². The second-order valence-electron chi connectivity index (χ2n) is 7.21. The quantitative estimate of drug-likeness (QED) is 0.814. The first-order chi connectivity index (χ1) is 9.32. The average Bonchev–Trinajstić information content (AvgIpc) is 2.49. The van der Waals surface area contributed by atoms with Crippen LogP contribution in [0.25, 0.3) is 0 Å². The average molecular weight is 276 g/mol. The van der Waals surface area contributed by atoms with Gasteiger partial charge in [-0.25, -0.2) is 0 Å². The molecule has 1 aliphatic carbocycles. The zero-order valence-corrected chi connectivity index (χ0v) is 13.3. The summed E-state index contributed by atoms with van der Waals surface area (Å²) in [6, 6.07) is 7.97. The van der Waals surface area contributed by atoms with Gasteiger partial charge in [0.15, 0.2) is 0 Å². The number of rotatable bonds is 3. The standard InChI is InChI=1S/C18H28O2/c1-14(2)20-16-9-6-5-8-15(16)18(19)11-7-10-17(3,4)12-13-18/h5-6,8-9,14,19H,7,10-13H2,1-4H3. The van der Waals surface area contributed by atoms with Gasteiger partial charge in [-0.05, 0) is 57.4 Å². The van der Waals surface area contributed by atoms with Gasteiger partial charge in [0.1, 0.15) is 5.75 Å². The minimum atomic E-state index is -0.737. The van der Waals surface area contributed by atoms with Crippen LogP contribution in [-0.4, -0.2) is 11.2 Å². The van der Waals surface area contributed by atoms with Gasteiger partial charge in [-0.15, -0.1) is 0 Å². The van der Waals surface area contributed by atoms with E-state index in [9.17, 15) is 5.11 Å². The summed E-state index contributed by atoms with van der Waals surface area (Å²) in [6.07, 6.45) is 5.08. The molecule has 112 valence electrons. The van der Waals surface area contributed by atoms with Crippen molar-refractivity contribution in [1.29, 1.82) is 0 Å². The summed E-state index contributed by atoms with van der Waals surface area (Å²) in [5.41, 5.74) is 0.559. The van der Waals surface area contributed by atoms with Crippen LogP contribution < -0.4 is 4.74 Å². The van der Waals surface area contributed by atoms with E-state index >= 15 is 0 Å².